The van der Waals surface area contributed by atoms with Crippen LogP contribution in [-0.2, 0) is 22.4 Å². The molecule has 10 heteroatoms. The van der Waals surface area contributed by atoms with Crippen molar-refractivity contribution >= 4 is 33.9 Å². The predicted molar refractivity (Wildman–Crippen MR) is 226 cm³/mol. The zero-order valence-electron chi connectivity index (χ0n) is 32.9. The summed E-state index contributed by atoms with van der Waals surface area (Å²) in [6.07, 6.45) is 7.37. The van der Waals surface area contributed by atoms with E-state index in [-0.39, 0.29) is 23.9 Å². The molecular formula is C48H50N8O2. The first-order valence-corrected chi connectivity index (χ1v) is 21.2. The van der Waals surface area contributed by atoms with Gasteiger partial charge in [-0.25, -0.2) is 9.97 Å². The van der Waals surface area contributed by atoms with Crippen molar-refractivity contribution in [3.8, 4) is 11.8 Å². The molecule has 4 atom stereocenters. The highest BCUT2D eigenvalue weighted by Gasteiger charge is 2.41. The molecule has 0 bridgehead atoms. The van der Waals surface area contributed by atoms with Crippen LogP contribution in [0.5, 0.6) is 0 Å². The lowest BCUT2D eigenvalue weighted by Gasteiger charge is -2.29. The van der Waals surface area contributed by atoms with Gasteiger partial charge in [-0.3, -0.25) is 19.4 Å². The quantitative estimate of drug-likeness (QED) is 0.165. The fourth-order valence-corrected chi connectivity index (χ4v) is 9.91. The summed E-state index contributed by atoms with van der Waals surface area (Å²) in [5.74, 6) is 8.99. The number of hydrogen-bond donors (Lipinski definition) is 2. The van der Waals surface area contributed by atoms with Crippen LogP contribution in [0.2, 0.25) is 0 Å². The second kappa shape index (κ2) is 15.9. The number of fused-ring (bicyclic) bond motifs is 2. The van der Waals surface area contributed by atoms with Gasteiger partial charge in [-0.05, 0) is 106 Å². The molecule has 0 aliphatic carbocycles. The molecule has 4 fully saturated rings. The Hall–Kier alpha value is -5.76. The van der Waals surface area contributed by atoms with E-state index in [1.165, 1.54) is 12.8 Å². The summed E-state index contributed by atoms with van der Waals surface area (Å²) in [6, 6.07) is 33.2. The third kappa shape index (κ3) is 7.52. The minimum atomic E-state index is -0.0898. The van der Waals surface area contributed by atoms with Crippen molar-refractivity contribution in [1.29, 1.82) is 0 Å². The van der Waals surface area contributed by atoms with Crippen LogP contribution < -0.4 is 0 Å². The van der Waals surface area contributed by atoms with Gasteiger partial charge in [-0.2, -0.15) is 0 Å². The monoisotopic (exact) mass is 770 g/mol. The Morgan fingerprint density at radius 2 is 1.22 bits per heavy atom. The van der Waals surface area contributed by atoms with Gasteiger partial charge in [0.1, 0.15) is 11.6 Å². The van der Waals surface area contributed by atoms with Crippen molar-refractivity contribution in [3.05, 3.63) is 131 Å². The van der Waals surface area contributed by atoms with Crippen molar-refractivity contribution in [2.75, 3.05) is 39.3 Å². The van der Waals surface area contributed by atoms with Crippen molar-refractivity contribution in [2.45, 2.75) is 75.5 Å². The van der Waals surface area contributed by atoms with Crippen LogP contribution in [0.15, 0.2) is 97.1 Å². The third-order valence-corrected chi connectivity index (χ3v) is 12.9. The molecule has 2 amide bonds. The number of carbonyl (C=O) groups is 2. The number of likely N-dealkylation sites (tertiary alicyclic amines) is 4. The number of H-pyrrole nitrogens is 2. The summed E-state index contributed by atoms with van der Waals surface area (Å²) in [4.78, 5) is 53.5. The molecule has 2 unspecified atom stereocenters. The maximum atomic E-state index is 13.8. The number of nitrogens with one attached hydrogen (secondary N) is 2. The number of aromatic nitrogens is 4. The lowest BCUT2D eigenvalue weighted by molar-refractivity contribution is -0.132. The summed E-state index contributed by atoms with van der Waals surface area (Å²) in [5, 5.41) is 0. The molecule has 4 aromatic carbocycles. The van der Waals surface area contributed by atoms with E-state index in [0.717, 1.165) is 121 Å². The first-order chi connectivity index (χ1) is 28.5. The molecule has 6 aromatic rings. The molecule has 6 heterocycles. The van der Waals surface area contributed by atoms with Crippen molar-refractivity contribution < 1.29 is 9.59 Å². The van der Waals surface area contributed by atoms with Gasteiger partial charge in [0.15, 0.2) is 0 Å². The lowest BCUT2D eigenvalue weighted by Crippen LogP contribution is -2.39. The Balaban J connectivity index is 0.827. The Labute approximate surface area is 339 Å². The average molecular weight is 771 g/mol. The van der Waals surface area contributed by atoms with Crippen molar-refractivity contribution in [3.63, 3.8) is 0 Å². The SMILES string of the molecule is O=C(Cc1ccccc1)N1CCC(N2CCCC2c2nc3ccc(C#Cc4ccc5nc([C@@H]6C[C@H](N7CCCC7)CN6C(=O)Cc6ccccc6)[nH]c5c4)cc3[nH]2)C1. The first-order valence-electron chi connectivity index (χ1n) is 21.2. The summed E-state index contributed by atoms with van der Waals surface area (Å²) in [5.41, 5.74) is 7.69. The predicted octanol–water partition coefficient (Wildman–Crippen LogP) is 6.80. The van der Waals surface area contributed by atoms with E-state index in [9.17, 15) is 9.59 Å². The molecule has 4 aliphatic heterocycles. The molecule has 10 rings (SSSR count). The smallest absolute Gasteiger partial charge is 0.227 e. The molecule has 0 radical (unpaired) electrons. The summed E-state index contributed by atoms with van der Waals surface area (Å²) in [6.45, 7) is 5.56. The van der Waals surface area contributed by atoms with E-state index in [1.807, 2.05) is 83.8 Å². The van der Waals surface area contributed by atoms with Gasteiger partial charge < -0.3 is 19.8 Å². The molecule has 294 valence electrons. The molecule has 2 N–H and O–H groups in total. The summed E-state index contributed by atoms with van der Waals surface area (Å²) >= 11 is 0. The molecule has 4 aliphatic rings. The number of aromatic amines is 2. The van der Waals surface area contributed by atoms with Gasteiger partial charge in [-0.1, -0.05) is 72.5 Å². The summed E-state index contributed by atoms with van der Waals surface area (Å²) in [7, 11) is 0. The highest BCUT2D eigenvalue weighted by molar-refractivity contribution is 5.81. The maximum absolute atomic E-state index is 13.8. The zero-order chi connectivity index (χ0) is 39.0. The highest BCUT2D eigenvalue weighted by Crippen LogP contribution is 2.37. The van der Waals surface area contributed by atoms with Crippen LogP contribution in [-0.4, -0.2) is 103 Å². The number of benzene rings is 4. The van der Waals surface area contributed by atoms with E-state index in [2.05, 4.69) is 54.7 Å². The average Bonchev–Trinajstić information content (AvgIpc) is 4.10. The zero-order valence-corrected chi connectivity index (χ0v) is 32.9. The van der Waals surface area contributed by atoms with Crippen LogP contribution in [0.1, 0.15) is 84.5 Å². The van der Waals surface area contributed by atoms with Crippen molar-refractivity contribution in [2.24, 2.45) is 0 Å². The van der Waals surface area contributed by atoms with Crippen molar-refractivity contribution in [1.82, 2.24) is 39.5 Å². The van der Waals surface area contributed by atoms with E-state index in [1.54, 1.807) is 0 Å². The fourth-order valence-electron chi connectivity index (χ4n) is 9.91. The van der Waals surface area contributed by atoms with Gasteiger partial charge in [-0.15, -0.1) is 0 Å². The normalized spacial score (nSPS) is 22.6. The molecule has 0 spiro atoms. The van der Waals surface area contributed by atoms with Crippen LogP contribution in [0, 0.1) is 11.8 Å². The molecule has 2 aromatic heterocycles. The maximum Gasteiger partial charge on any atom is 0.227 e. The first kappa shape index (κ1) is 36.6. The standard InChI is InChI=1S/C48H50N8O2/c57-45(28-33-10-3-1-4-11-33)54-25-21-37(31-54)55-24-9-14-43(55)47-49-39-19-17-35(26-41(39)51-47)15-16-36-18-20-40-42(27-36)52-48(50-40)44-30-38(53-22-7-8-23-53)32-56(44)46(58)29-34-12-5-2-6-13-34/h1-6,10-13,17-20,26-27,37-38,43-44H,7-9,14,21-25,28-32H2,(H,49,51)(H,50,52)/t37?,38-,43?,44-/m0/s1. The van der Waals surface area contributed by atoms with E-state index >= 15 is 0 Å². The van der Waals surface area contributed by atoms with E-state index in [0.29, 0.717) is 24.9 Å². The number of nitrogens with zero attached hydrogens (tertiary/aromatic N) is 6. The van der Waals surface area contributed by atoms with Crippen LogP contribution in [0.25, 0.3) is 22.1 Å². The molecular weight excluding hydrogens is 721 g/mol. The lowest BCUT2D eigenvalue weighted by atomic mass is 10.1. The van der Waals surface area contributed by atoms with Gasteiger partial charge >= 0.3 is 0 Å². The molecule has 58 heavy (non-hydrogen) atoms. The van der Waals surface area contributed by atoms with E-state index in [4.69, 9.17) is 9.97 Å². The molecule has 4 saturated heterocycles. The largest absolute Gasteiger partial charge is 0.341 e. The van der Waals surface area contributed by atoms with Gasteiger partial charge in [0.2, 0.25) is 11.8 Å². The Morgan fingerprint density at radius 3 is 1.86 bits per heavy atom. The fraction of sp³-hybridized carbons (Fsp3) is 0.375. The second-order valence-electron chi connectivity index (χ2n) is 16.7. The molecule has 10 nitrogen and oxygen atoms in total. The second-order valence-corrected chi connectivity index (χ2v) is 16.7. The summed E-state index contributed by atoms with van der Waals surface area (Å²) < 4.78 is 0. The van der Waals surface area contributed by atoms with Crippen LogP contribution >= 0.6 is 0 Å². The number of amides is 2. The number of rotatable bonds is 8. The third-order valence-electron chi connectivity index (χ3n) is 12.9. The Kier molecular flexibility index (Phi) is 10.0. The highest BCUT2D eigenvalue weighted by atomic mass is 16.2. The minimum absolute atomic E-state index is 0.0898. The minimum Gasteiger partial charge on any atom is -0.341 e. The van der Waals surface area contributed by atoms with Crippen LogP contribution in [0.3, 0.4) is 0 Å². The molecule has 0 saturated carbocycles. The number of carbonyl (C=O) groups excluding carboxylic acids is 2. The number of imidazole rings is 2. The topological polar surface area (TPSA) is 104 Å². The Morgan fingerprint density at radius 1 is 0.621 bits per heavy atom. The van der Waals surface area contributed by atoms with Gasteiger partial charge in [0.25, 0.3) is 0 Å². The number of hydrogen-bond acceptors (Lipinski definition) is 6. The van der Waals surface area contributed by atoms with Gasteiger partial charge in [0, 0.05) is 42.8 Å². The van der Waals surface area contributed by atoms with Crippen LogP contribution in [0.4, 0.5) is 0 Å². The Bertz CT molecular complexity index is 2490. The van der Waals surface area contributed by atoms with E-state index < -0.39 is 0 Å². The van der Waals surface area contributed by atoms with Gasteiger partial charge in [0.05, 0.1) is 47.0 Å².